The quantitative estimate of drug-likeness (QED) is 0.749. The zero-order valence-corrected chi connectivity index (χ0v) is 10.2. The first-order valence-electron chi connectivity index (χ1n) is 6.81. The van der Waals surface area contributed by atoms with Gasteiger partial charge >= 0.3 is 0 Å². The first-order chi connectivity index (χ1) is 7.81. The summed E-state index contributed by atoms with van der Waals surface area (Å²) in [5.41, 5.74) is 5.55. The molecule has 2 N–H and O–H groups in total. The Labute approximate surface area is 98.4 Å². The molecule has 1 amide bonds. The third-order valence-electron chi connectivity index (χ3n) is 3.85. The minimum atomic E-state index is 0.392. The topological polar surface area (TPSA) is 46.3 Å². The summed E-state index contributed by atoms with van der Waals surface area (Å²) in [5.74, 6) is 1.09. The van der Waals surface area contributed by atoms with Crippen molar-refractivity contribution in [1.29, 1.82) is 0 Å². The molecule has 3 heteroatoms. The fourth-order valence-corrected chi connectivity index (χ4v) is 2.67. The van der Waals surface area contributed by atoms with Gasteiger partial charge < -0.3 is 10.6 Å². The van der Waals surface area contributed by atoms with Crippen molar-refractivity contribution in [3.8, 4) is 0 Å². The SMILES string of the molecule is NCCCN(C(=O)CC1CC1)C1CCCC1. The van der Waals surface area contributed by atoms with E-state index in [1.165, 1.54) is 38.5 Å². The first-order valence-corrected chi connectivity index (χ1v) is 6.81. The minimum Gasteiger partial charge on any atom is -0.340 e. The van der Waals surface area contributed by atoms with Crippen molar-refractivity contribution in [3.05, 3.63) is 0 Å². The average molecular weight is 224 g/mol. The van der Waals surface area contributed by atoms with Crippen LogP contribution in [-0.4, -0.2) is 29.9 Å². The number of amides is 1. The Balaban J connectivity index is 1.85. The third kappa shape index (κ3) is 3.21. The minimum absolute atomic E-state index is 0.392. The maximum absolute atomic E-state index is 12.2. The first kappa shape index (κ1) is 11.9. The molecule has 2 rings (SSSR count). The fraction of sp³-hybridized carbons (Fsp3) is 0.923. The van der Waals surface area contributed by atoms with Gasteiger partial charge in [-0.1, -0.05) is 12.8 Å². The molecular formula is C13H24N2O. The van der Waals surface area contributed by atoms with Crippen LogP contribution in [-0.2, 0) is 4.79 Å². The fourth-order valence-electron chi connectivity index (χ4n) is 2.67. The molecule has 0 radical (unpaired) electrons. The average Bonchev–Trinajstić information content (AvgIpc) is 2.93. The maximum atomic E-state index is 12.2. The molecule has 92 valence electrons. The predicted molar refractivity (Wildman–Crippen MR) is 65.0 cm³/mol. The van der Waals surface area contributed by atoms with Crippen LogP contribution in [0.15, 0.2) is 0 Å². The Kier molecular flexibility index (Phi) is 4.22. The van der Waals surface area contributed by atoms with Gasteiger partial charge in [0.1, 0.15) is 0 Å². The van der Waals surface area contributed by atoms with Gasteiger partial charge in [-0.05, 0) is 44.6 Å². The van der Waals surface area contributed by atoms with Crippen molar-refractivity contribution in [1.82, 2.24) is 4.90 Å². The second-order valence-corrected chi connectivity index (χ2v) is 5.32. The van der Waals surface area contributed by atoms with Crippen molar-refractivity contribution in [2.24, 2.45) is 11.7 Å². The van der Waals surface area contributed by atoms with Crippen LogP contribution < -0.4 is 5.73 Å². The van der Waals surface area contributed by atoms with Crippen molar-refractivity contribution in [2.75, 3.05) is 13.1 Å². The Morgan fingerprint density at radius 2 is 1.88 bits per heavy atom. The van der Waals surface area contributed by atoms with E-state index in [2.05, 4.69) is 4.90 Å². The van der Waals surface area contributed by atoms with Crippen LogP contribution in [0.5, 0.6) is 0 Å². The number of nitrogens with two attached hydrogens (primary N) is 1. The van der Waals surface area contributed by atoms with Crippen LogP contribution in [0.4, 0.5) is 0 Å². The molecule has 0 aromatic carbocycles. The maximum Gasteiger partial charge on any atom is 0.223 e. The number of hydrogen-bond donors (Lipinski definition) is 1. The van der Waals surface area contributed by atoms with E-state index in [0.29, 0.717) is 24.4 Å². The zero-order chi connectivity index (χ0) is 11.4. The van der Waals surface area contributed by atoms with Crippen LogP contribution in [0.3, 0.4) is 0 Å². The van der Waals surface area contributed by atoms with Gasteiger partial charge in [-0.2, -0.15) is 0 Å². The Morgan fingerprint density at radius 3 is 2.44 bits per heavy atom. The second kappa shape index (κ2) is 5.67. The van der Waals surface area contributed by atoms with Crippen LogP contribution >= 0.6 is 0 Å². The van der Waals surface area contributed by atoms with Crippen molar-refractivity contribution < 1.29 is 4.79 Å². The van der Waals surface area contributed by atoms with E-state index >= 15 is 0 Å². The Morgan fingerprint density at radius 1 is 1.19 bits per heavy atom. The highest BCUT2D eigenvalue weighted by molar-refractivity contribution is 5.77. The van der Waals surface area contributed by atoms with Crippen LogP contribution in [0, 0.1) is 5.92 Å². The summed E-state index contributed by atoms with van der Waals surface area (Å²) in [5, 5.41) is 0. The van der Waals surface area contributed by atoms with Crippen LogP contribution in [0.25, 0.3) is 0 Å². The van der Waals surface area contributed by atoms with E-state index in [9.17, 15) is 4.79 Å². The molecule has 0 unspecified atom stereocenters. The summed E-state index contributed by atoms with van der Waals surface area (Å²) in [6, 6.07) is 0.526. The number of nitrogens with zero attached hydrogens (tertiary/aromatic N) is 1. The van der Waals surface area contributed by atoms with Gasteiger partial charge in [-0.15, -0.1) is 0 Å². The van der Waals surface area contributed by atoms with Gasteiger partial charge in [0.15, 0.2) is 0 Å². The standard InChI is InChI=1S/C13H24N2O/c14-8-3-9-15(12-4-1-2-5-12)13(16)10-11-6-7-11/h11-12H,1-10,14H2. The van der Waals surface area contributed by atoms with Crippen LogP contribution in [0.1, 0.15) is 51.4 Å². The van der Waals surface area contributed by atoms with E-state index < -0.39 is 0 Å². The third-order valence-corrected chi connectivity index (χ3v) is 3.85. The van der Waals surface area contributed by atoms with Gasteiger partial charge in [-0.3, -0.25) is 4.79 Å². The Hall–Kier alpha value is -0.570. The molecule has 0 saturated heterocycles. The summed E-state index contributed by atoms with van der Waals surface area (Å²) < 4.78 is 0. The molecule has 0 spiro atoms. The molecule has 0 aliphatic heterocycles. The van der Waals surface area contributed by atoms with Gasteiger partial charge in [-0.25, -0.2) is 0 Å². The highest BCUT2D eigenvalue weighted by Gasteiger charge is 2.30. The molecule has 2 fully saturated rings. The summed E-state index contributed by atoms with van der Waals surface area (Å²) in [7, 11) is 0. The molecule has 2 aliphatic rings. The second-order valence-electron chi connectivity index (χ2n) is 5.32. The monoisotopic (exact) mass is 224 g/mol. The van der Waals surface area contributed by atoms with Crippen molar-refractivity contribution in [3.63, 3.8) is 0 Å². The molecular weight excluding hydrogens is 200 g/mol. The van der Waals surface area contributed by atoms with E-state index in [1.54, 1.807) is 0 Å². The molecule has 16 heavy (non-hydrogen) atoms. The number of rotatable bonds is 6. The summed E-state index contributed by atoms with van der Waals surface area (Å²) in [6.07, 6.45) is 9.28. The van der Waals surface area contributed by atoms with E-state index in [4.69, 9.17) is 5.73 Å². The number of hydrogen-bond acceptors (Lipinski definition) is 2. The highest BCUT2D eigenvalue weighted by atomic mass is 16.2. The van der Waals surface area contributed by atoms with E-state index in [-0.39, 0.29) is 0 Å². The molecule has 0 bridgehead atoms. The van der Waals surface area contributed by atoms with Gasteiger partial charge in [0.05, 0.1) is 0 Å². The lowest BCUT2D eigenvalue weighted by atomic mass is 10.1. The van der Waals surface area contributed by atoms with Gasteiger partial charge in [0.25, 0.3) is 0 Å². The lowest BCUT2D eigenvalue weighted by Crippen LogP contribution is -2.40. The lowest BCUT2D eigenvalue weighted by Gasteiger charge is -2.29. The molecule has 2 saturated carbocycles. The lowest BCUT2D eigenvalue weighted by molar-refractivity contribution is -0.133. The molecule has 0 atom stereocenters. The Bertz CT molecular complexity index is 232. The number of carbonyl (C=O) groups is 1. The molecule has 0 aromatic heterocycles. The van der Waals surface area contributed by atoms with E-state index in [0.717, 1.165) is 19.4 Å². The molecule has 2 aliphatic carbocycles. The van der Waals surface area contributed by atoms with E-state index in [1.807, 2.05) is 0 Å². The largest absolute Gasteiger partial charge is 0.340 e. The van der Waals surface area contributed by atoms with Crippen molar-refractivity contribution >= 4 is 5.91 Å². The molecule has 3 nitrogen and oxygen atoms in total. The zero-order valence-electron chi connectivity index (χ0n) is 10.2. The summed E-state index contributed by atoms with van der Waals surface area (Å²) in [6.45, 7) is 1.58. The van der Waals surface area contributed by atoms with Gasteiger partial charge in [0.2, 0.25) is 5.91 Å². The highest BCUT2D eigenvalue weighted by Crippen LogP contribution is 2.34. The summed E-state index contributed by atoms with van der Waals surface area (Å²) >= 11 is 0. The molecule has 0 heterocycles. The number of carbonyl (C=O) groups excluding carboxylic acids is 1. The summed E-state index contributed by atoms with van der Waals surface area (Å²) in [4.78, 5) is 14.3. The normalized spacial score (nSPS) is 21.3. The smallest absolute Gasteiger partial charge is 0.223 e. The van der Waals surface area contributed by atoms with Crippen molar-refractivity contribution in [2.45, 2.75) is 57.4 Å². The van der Waals surface area contributed by atoms with Crippen LogP contribution in [0.2, 0.25) is 0 Å². The predicted octanol–water partition coefficient (Wildman–Crippen LogP) is 1.91. The van der Waals surface area contributed by atoms with Gasteiger partial charge in [0, 0.05) is 19.0 Å². The molecule has 0 aromatic rings.